The van der Waals surface area contributed by atoms with Gasteiger partial charge >= 0.3 is 5.97 Å². The quantitative estimate of drug-likeness (QED) is 0.229. The van der Waals surface area contributed by atoms with Gasteiger partial charge in [-0.2, -0.15) is 0 Å². The van der Waals surface area contributed by atoms with Crippen molar-refractivity contribution in [1.29, 1.82) is 5.41 Å². The smallest absolute Gasteiger partial charge is 0.303 e. The number of Topliss-reactive ketones (excluding diaryl/α,β-unsaturated/α-hetero) is 2. The first-order valence-corrected chi connectivity index (χ1v) is 10.9. The molecule has 0 saturated heterocycles. The number of nitrogens with two attached hydrogens (primary N) is 2. The van der Waals surface area contributed by atoms with Crippen LogP contribution in [0.2, 0.25) is 0 Å². The summed E-state index contributed by atoms with van der Waals surface area (Å²) in [5.41, 5.74) is 16.9. The Hall–Kier alpha value is -4.73. The fraction of sp³-hybridized carbons (Fsp3) is 0.160. The van der Waals surface area contributed by atoms with E-state index >= 15 is 0 Å². The third-order valence-corrected chi connectivity index (χ3v) is 5.75. The Labute approximate surface area is 201 Å². The summed E-state index contributed by atoms with van der Waals surface area (Å²) in [5, 5.41) is 18.4. The van der Waals surface area contributed by atoms with Crippen molar-refractivity contribution in [2.75, 3.05) is 5.01 Å². The van der Waals surface area contributed by atoms with Gasteiger partial charge in [-0.1, -0.05) is 18.2 Å². The Bertz CT molecular complexity index is 1310. The van der Waals surface area contributed by atoms with E-state index in [1.165, 1.54) is 18.3 Å². The summed E-state index contributed by atoms with van der Waals surface area (Å²) in [6.45, 7) is 0. The van der Waals surface area contributed by atoms with Gasteiger partial charge in [0.2, 0.25) is 5.78 Å². The lowest BCUT2D eigenvalue weighted by Crippen LogP contribution is -2.39. The number of pyridine rings is 1. The van der Waals surface area contributed by atoms with Gasteiger partial charge in [0.25, 0.3) is 0 Å². The van der Waals surface area contributed by atoms with E-state index < -0.39 is 17.7 Å². The lowest BCUT2D eigenvalue weighted by Gasteiger charge is -2.30. The van der Waals surface area contributed by atoms with Gasteiger partial charge in [0, 0.05) is 41.7 Å². The first-order valence-electron chi connectivity index (χ1n) is 10.9. The van der Waals surface area contributed by atoms with Gasteiger partial charge < -0.3 is 16.6 Å². The Morgan fingerprint density at radius 2 is 1.97 bits per heavy atom. The van der Waals surface area contributed by atoms with Crippen molar-refractivity contribution in [3.8, 4) is 0 Å². The van der Waals surface area contributed by atoms with Gasteiger partial charge in [-0.15, -0.1) is 0 Å². The van der Waals surface area contributed by atoms with Gasteiger partial charge in [0.15, 0.2) is 5.78 Å². The molecule has 0 spiro atoms. The van der Waals surface area contributed by atoms with Crippen molar-refractivity contribution in [2.45, 2.75) is 19.3 Å². The van der Waals surface area contributed by atoms with Crippen LogP contribution in [0.25, 0.3) is 0 Å². The number of amidine groups is 1. The molecule has 1 aliphatic carbocycles. The van der Waals surface area contributed by atoms with Crippen LogP contribution in [0.4, 0.5) is 5.69 Å². The zero-order valence-electron chi connectivity index (χ0n) is 18.7. The van der Waals surface area contributed by atoms with Crippen molar-refractivity contribution in [3.63, 3.8) is 0 Å². The van der Waals surface area contributed by atoms with E-state index in [1.54, 1.807) is 17.2 Å². The van der Waals surface area contributed by atoms with Crippen molar-refractivity contribution in [1.82, 2.24) is 10.4 Å². The molecule has 0 fully saturated rings. The standard InChI is InChI=1S/C25H24N6O4/c26-21-13-14(6-7-22(33)34)23-19(31(30-21)17-4-2-1-3-5-17)11-16(12-20(23)32)24(35)18-10-15(25(27)28)8-9-29-18/h1-5,8-11,13-14,30H,6-7,12,26H2,(H3,27,28)(H,33,34). The maximum atomic E-state index is 13.4. The molecule has 1 unspecified atom stereocenters. The van der Waals surface area contributed by atoms with E-state index in [4.69, 9.17) is 16.9 Å². The lowest BCUT2D eigenvalue weighted by atomic mass is 9.82. The number of allylic oxidation sites excluding steroid dienone is 4. The molecule has 0 amide bonds. The fourth-order valence-electron chi connectivity index (χ4n) is 4.13. The number of carbonyl (C=O) groups excluding carboxylic acids is 2. The van der Waals surface area contributed by atoms with Crippen LogP contribution in [0, 0.1) is 11.3 Å². The van der Waals surface area contributed by atoms with Crippen LogP contribution < -0.4 is 21.9 Å². The molecular weight excluding hydrogens is 448 g/mol. The maximum absolute atomic E-state index is 13.4. The van der Waals surface area contributed by atoms with Crippen molar-refractivity contribution >= 4 is 29.1 Å². The molecule has 0 radical (unpaired) electrons. The van der Waals surface area contributed by atoms with Crippen LogP contribution in [0.1, 0.15) is 35.3 Å². The Morgan fingerprint density at radius 3 is 2.66 bits per heavy atom. The molecule has 2 aliphatic rings. The molecule has 1 aromatic carbocycles. The molecule has 0 bridgehead atoms. The predicted octanol–water partition coefficient (Wildman–Crippen LogP) is 2.01. The Morgan fingerprint density at radius 1 is 1.23 bits per heavy atom. The minimum atomic E-state index is -0.984. The van der Waals surface area contributed by atoms with Gasteiger partial charge in [-0.05, 0) is 42.8 Å². The van der Waals surface area contributed by atoms with Crippen LogP contribution >= 0.6 is 0 Å². The number of ketones is 2. The third-order valence-electron chi connectivity index (χ3n) is 5.75. The van der Waals surface area contributed by atoms with E-state index in [0.717, 1.165) is 0 Å². The molecular formula is C25H24N6O4. The molecule has 4 rings (SSSR count). The summed E-state index contributed by atoms with van der Waals surface area (Å²) in [6.07, 6.45) is 4.48. The fourth-order valence-corrected chi connectivity index (χ4v) is 4.13. The minimum Gasteiger partial charge on any atom is -0.481 e. The molecule has 1 atom stereocenters. The average molecular weight is 473 g/mol. The molecule has 1 aromatic heterocycles. The highest BCUT2D eigenvalue weighted by Crippen LogP contribution is 2.36. The molecule has 7 N–H and O–H groups in total. The van der Waals surface area contributed by atoms with Crippen LogP contribution in [0.3, 0.4) is 0 Å². The molecule has 1 aliphatic heterocycles. The van der Waals surface area contributed by atoms with Crippen molar-refractivity contribution in [2.24, 2.45) is 17.4 Å². The van der Waals surface area contributed by atoms with E-state index in [0.29, 0.717) is 22.5 Å². The van der Waals surface area contributed by atoms with E-state index in [2.05, 4.69) is 10.4 Å². The maximum Gasteiger partial charge on any atom is 0.303 e. The van der Waals surface area contributed by atoms with Crippen LogP contribution in [-0.2, 0) is 9.59 Å². The highest BCUT2D eigenvalue weighted by atomic mass is 16.4. The number of carboxylic acids is 1. The summed E-state index contributed by atoms with van der Waals surface area (Å²) in [4.78, 5) is 42.1. The van der Waals surface area contributed by atoms with Gasteiger partial charge in [-0.25, -0.2) is 0 Å². The number of anilines is 1. The summed E-state index contributed by atoms with van der Waals surface area (Å²) in [7, 11) is 0. The SMILES string of the molecule is N=C(N)c1ccnc(C(=O)C2=CC3=C(C(=O)C2)C(CCC(=O)O)C=C(N)NN3c2ccccc2)c1. The van der Waals surface area contributed by atoms with Gasteiger partial charge in [0.1, 0.15) is 17.4 Å². The van der Waals surface area contributed by atoms with Gasteiger partial charge in [-0.3, -0.25) is 35.2 Å². The predicted molar refractivity (Wildman–Crippen MR) is 129 cm³/mol. The average Bonchev–Trinajstić information content (AvgIpc) is 2.99. The number of hydrogen-bond acceptors (Lipinski definition) is 8. The third kappa shape index (κ3) is 4.96. The number of nitrogens with zero attached hydrogens (tertiary/aromatic N) is 2. The van der Waals surface area contributed by atoms with E-state index in [9.17, 15) is 19.5 Å². The zero-order chi connectivity index (χ0) is 25.1. The van der Waals surface area contributed by atoms with Crippen LogP contribution in [0.5, 0.6) is 0 Å². The molecule has 10 nitrogen and oxygen atoms in total. The molecule has 35 heavy (non-hydrogen) atoms. The van der Waals surface area contributed by atoms with E-state index in [-0.39, 0.29) is 48.0 Å². The number of carboxylic acid groups (broad SMARTS) is 1. The second-order valence-electron chi connectivity index (χ2n) is 8.18. The van der Waals surface area contributed by atoms with Crippen LogP contribution in [0.15, 0.2) is 83.5 Å². The van der Waals surface area contributed by atoms with Crippen molar-refractivity contribution < 1.29 is 19.5 Å². The topological polar surface area (TPSA) is 175 Å². The number of nitrogens with one attached hydrogen (secondary N) is 2. The normalized spacial score (nSPS) is 17.5. The highest BCUT2D eigenvalue weighted by Gasteiger charge is 2.35. The van der Waals surface area contributed by atoms with Crippen LogP contribution in [-0.4, -0.2) is 33.5 Å². The number of para-hydroxylation sites is 1. The monoisotopic (exact) mass is 472 g/mol. The van der Waals surface area contributed by atoms with Gasteiger partial charge in [0.05, 0.1) is 11.4 Å². The molecule has 10 heteroatoms. The summed E-state index contributed by atoms with van der Waals surface area (Å²) in [6, 6.07) is 12.0. The molecule has 0 saturated carbocycles. The number of nitrogen functional groups attached to an aromatic ring is 1. The zero-order valence-corrected chi connectivity index (χ0v) is 18.7. The summed E-state index contributed by atoms with van der Waals surface area (Å²) < 4.78 is 0. The number of rotatable bonds is 7. The number of aliphatic carboxylic acids is 1. The largest absolute Gasteiger partial charge is 0.481 e. The molecule has 2 aromatic rings. The first-order chi connectivity index (χ1) is 16.7. The molecule has 2 heterocycles. The Balaban J connectivity index is 1.83. The highest BCUT2D eigenvalue weighted by molar-refractivity contribution is 6.15. The minimum absolute atomic E-state index is 0.0636. The number of carbonyl (C=O) groups is 3. The second kappa shape index (κ2) is 9.64. The summed E-state index contributed by atoms with van der Waals surface area (Å²) in [5.74, 6) is -2.26. The molecule has 178 valence electrons. The summed E-state index contributed by atoms with van der Waals surface area (Å²) >= 11 is 0. The number of hydrogen-bond donors (Lipinski definition) is 5. The second-order valence-corrected chi connectivity index (χ2v) is 8.18. The van der Waals surface area contributed by atoms with Crippen molar-refractivity contribution in [3.05, 3.63) is 94.7 Å². The lowest BCUT2D eigenvalue weighted by molar-refractivity contribution is -0.137. The van der Waals surface area contributed by atoms with E-state index in [1.807, 2.05) is 30.3 Å². The number of hydrazine groups is 1. The Kier molecular flexibility index (Phi) is 6.45. The number of benzene rings is 1. The first kappa shape index (κ1) is 23.4. The number of aromatic nitrogens is 1.